The molecule has 0 saturated carbocycles. The smallest absolute Gasteiger partial charge is 0.340 e. The average molecular weight is 311 g/mol. The van der Waals surface area contributed by atoms with E-state index < -0.39 is 15.8 Å². The summed E-state index contributed by atoms with van der Waals surface area (Å²) < 4.78 is 24.1. The Kier molecular flexibility index (Phi) is 4.09. The van der Waals surface area contributed by atoms with E-state index in [4.69, 9.17) is 5.11 Å². The number of carboxylic acids is 1. The van der Waals surface area contributed by atoms with E-state index in [1.54, 1.807) is 6.92 Å². The average Bonchev–Trinajstić information content (AvgIpc) is 2.57. The second-order valence-electron chi connectivity index (χ2n) is 3.11. The van der Waals surface area contributed by atoms with Gasteiger partial charge in [-0.2, -0.15) is 5.10 Å². The molecular formula is C8H11BrN2O4S. The predicted octanol–water partition coefficient (Wildman–Crippen LogP) is 0.778. The standard InChI is InChI=1S/C8H11BrN2O4S/c1-2-16(14,15)4-3-11-7(9)6(5-10-11)8(12)13/h5H,2-4H2,1H3,(H,12,13). The van der Waals surface area contributed by atoms with E-state index >= 15 is 0 Å². The van der Waals surface area contributed by atoms with Gasteiger partial charge in [0.2, 0.25) is 0 Å². The van der Waals surface area contributed by atoms with Crippen molar-refractivity contribution in [1.82, 2.24) is 9.78 Å². The van der Waals surface area contributed by atoms with Crippen molar-refractivity contribution in [3.05, 3.63) is 16.4 Å². The van der Waals surface area contributed by atoms with Gasteiger partial charge in [0.05, 0.1) is 18.5 Å². The van der Waals surface area contributed by atoms with E-state index in [1.807, 2.05) is 0 Å². The SMILES string of the molecule is CCS(=O)(=O)CCn1ncc(C(=O)O)c1Br. The van der Waals surface area contributed by atoms with Crippen LogP contribution in [0.25, 0.3) is 0 Å². The second kappa shape index (κ2) is 4.96. The number of hydrogen-bond donors (Lipinski definition) is 1. The van der Waals surface area contributed by atoms with Crippen LogP contribution >= 0.6 is 15.9 Å². The lowest BCUT2D eigenvalue weighted by molar-refractivity contribution is 0.0695. The van der Waals surface area contributed by atoms with Gasteiger partial charge in [0.15, 0.2) is 9.84 Å². The summed E-state index contributed by atoms with van der Waals surface area (Å²) >= 11 is 3.07. The summed E-state index contributed by atoms with van der Waals surface area (Å²) in [5.41, 5.74) is 0.0221. The Balaban J connectivity index is 2.80. The van der Waals surface area contributed by atoms with Crippen molar-refractivity contribution in [2.24, 2.45) is 0 Å². The van der Waals surface area contributed by atoms with E-state index in [0.717, 1.165) is 0 Å². The summed E-state index contributed by atoms with van der Waals surface area (Å²) in [7, 11) is -3.07. The summed E-state index contributed by atoms with van der Waals surface area (Å²) in [6, 6.07) is 0. The Bertz CT molecular complexity index is 494. The summed E-state index contributed by atoms with van der Waals surface area (Å²) in [6.07, 6.45) is 1.19. The van der Waals surface area contributed by atoms with Crippen molar-refractivity contribution >= 4 is 31.7 Å². The molecule has 0 aromatic carbocycles. The largest absolute Gasteiger partial charge is 0.478 e. The monoisotopic (exact) mass is 310 g/mol. The number of aromatic carboxylic acids is 1. The van der Waals surface area contributed by atoms with Crippen LogP contribution in [0.5, 0.6) is 0 Å². The molecule has 6 nitrogen and oxygen atoms in total. The third kappa shape index (κ3) is 3.05. The van der Waals surface area contributed by atoms with Crippen molar-refractivity contribution < 1.29 is 18.3 Å². The molecule has 0 fully saturated rings. The first-order valence-corrected chi connectivity index (χ1v) is 7.14. The van der Waals surface area contributed by atoms with E-state index in [0.29, 0.717) is 0 Å². The van der Waals surface area contributed by atoms with Gasteiger partial charge in [-0.25, -0.2) is 13.2 Å². The van der Waals surface area contributed by atoms with Crippen LogP contribution in [0.3, 0.4) is 0 Å². The molecule has 0 amide bonds. The highest BCUT2D eigenvalue weighted by atomic mass is 79.9. The highest BCUT2D eigenvalue weighted by Gasteiger charge is 2.15. The molecule has 1 aromatic rings. The molecule has 0 radical (unpaired) electrons. The van der Waals surface area contributed by atoms with Crippen molar-refractivity contribution in [2.75, 3.05) is 11.5 Å². The minimum Gasteiger partial charge on any atom is -0.478 e. The predicted molar refractivity (Wildman–Crippen MR) is 61.2 cm³/mol. The maximum atomic E-state index is 11.3. The van der Waals surface area contributed by atoms with Gasteiger partial charge >= 0.3 is 5.97 Å². The Labute approximate surface area is 101 Å². The zero-order valence-electron chi connectivity index (χ0n) is 8.55. The molecular weight excluding hydrogens is 300 g/mol. The van der Waals surface area contributed by atoms with Crippen LogP contribution in [0.2, 0.25) is 0 Å². The molecule has 0 atom stereocenters. The van der Waals surface area contributed by atoms with Crippen LogP contribution in [0.1, 0.15) is 17.3 Å². The molecule has 0 bridgehead atoms. The first-order valence-electron chi connectivity index (χ1n) is 4.52. The fourth-order valence-electron chi connectivity index (χ4n) is 1.04. The maximum absolute atomic E-state index is 11.3. The first kappa shape index (κ1) is 13.2. The molecule has 8 heteroatoms. The first-order chi connectivity index (χ1) is 7.37. The Morgan fingerprint density at radius 3 is 2.69 bits per heavy atom. The highest BCUT2D eigenvalue weighted by Crippen LogP contribution is 2.16. The molecule has 0 aliphatic carbocycles. The van der Waals surface area contributed by atoms with E-state index in [-0.39, 0.29) is 28.2 Å². The zero-order valence-corrected chi connectivity index (χ0v) is 11.0. The van der Waals surface area contributed by atoms with Gasteiger partial charge in [0.1, 0.15) is 10.2 Å². The maximum Gasteiger partial charge on any atom is 0.340 e. The third-order valence-corrected chi connectivity index (χ3v) is 4.58. The van der Waals surface area contributed by atoms with E-state index in [1.165, 1.54) is 10.9 Å². The zero-order chi connectivity index (χ0) is 12.3. The quantitative estimate of drug-likeness (QED) is 0.868. The normalized spacial score (nSPS) is 11.6. The van der Waals surface area contributed by atoms with Crippen LogP contribution in [0.4, 0.5) is 0 Å². The molecule has 90 valence electrons. The van der Waals surface area contributed by atoms with Gasteiger partial charge in [0, 0.05) is 5.75 Å². The van der Waals surface area contributed by atoms with Crippen LogP contribution in [0.15, 0.2) is 10.8 Å². The number of hydrogen-bond acceptors (Lipinski definition) is 4. The Hall–Kier alpha value is -0.890. The number of aromatic nitrogens is 2. The lowest BCUT2D eigenvalue weighted by Gasteiger charge is -2.03. The van der Waals surface area contributed by atoms with Crippen molar-refractivity contribution in [1.29, 1.82) is 0 Å². The molecule has 0 spiro atoms. The van der Waals surface area contributed by atoms with Gasteiger partial charge in [0.25, 0.3) is 0 Å². The molecule has 1 rings (SSSR count). The van der Waals surface area contributed by atoms with Gasteiger partial charge in [-0.3, -0.25) is 4.68 Å². The summed E-state index contributed by atoms with van der Waals surface area (Å²) in [4.78, 5) is 10.7. The van der Waals surface area contributed by atoms with Crippen LogP contribution in [-0.2, 0) is 16.4 Å². The number of carboxylic acid groups (broad SMARTS) is 1. The molecule has 0 unspecified atom stereocenters. The van der Waals surface area contributed by atoms with E-state index in [9.17, 15) is 13.2 Å². The topological polar surface area (TPSA) is 89.3 Å². The van der Waals surface area contributed by atoms with Crippen LogP contribution in [-0.4, -0.2) is 40.8 Å². The summed E-state index contributed by atoms with van der Waals surface area (Å²) in [5, 5.41) is 12.6. The highest BCUT2D eigenvalue weighted by molar-refractivity contribution is 9.10. The Morgan fingerprint density at radius 2 is 2.25 bits per heavy atom. The fourth-order valence-corrected chi connectivity index (χ4v) is 2.32. The lowest BCUT2D eigenvalue weighted by atomic mass is 10.4. The van der Waals surface area contributed by atoms with Crippen molar-refractivity contribution in [3.63, 3.8) is 0 Å². The number of halogens is 1. The number of rotatable bonds is 5. The molecule has 1 N–H and O–H groups in total. The van der Waals surface area contributed by atoms with Crippen molar-refractivity contribution in [2.45, 2.75) is 13.5 Å². The Morgan fingerprint density at radius 1 is 1.62 bits per heavy atom. The van der Waals surface area contributed by atoms with Gasteiger partial charge < -0.3 is 5.11 Å². The third-order valence-electron chi connectivity index (χ3n) is 2.06. The molecule has 0 saturated heterocycles. The summed E-state index contributed by atoms with van der Waals surface area (Å²) in [5.74, 6) is -1.09. The number of carbonyl (C=O) groups is 1. The molecule has 16 heavy (non-hydrogen) atoms. The molecule has 1 heterocycles. The minimum absolute atomic E-state index is 0.0221. The van der Waals surface area contributed by atoms with Gasteiger partial charge in [-0.1, -0.05) is 6.92 Å². The fraction of sp³-hybridized carbons (Fsp3) is 0.500. The second-order valence-corrected chi connectivity index (χ2v) is 6.34. The van der Waals surface area contributed by atoms with Crippen molar-refractivity contribution in [3.8, 4) is 0 Å². The van der Waals surface area contributed by atoms with Gasteiger partial charge in [-0.15, -0.1) is 0 Å². The molecule has 0 aliphatic rings. The number of sulfone groups is 1. The van der Waals surface area contributed by atoms with Crippen LogP contribution < -0.4 is 0 Å². The number of aryl methyl sites for hydroxylation is 1. The van der Waals surface area contributed by atoms with Gasteiger partial charge in [-0.05, 0) is 15.9 Å². The lowest BCUT2D eigenvalue weighted by Crippen LogP contribution is -2.15. The van der Waals surface area contributed by atoms with Crippen LogP contribution in [0, 0.1) is 0 Å². The minimum atomic E-state index is -3.07. The van der Waals surface area contributed by atoms with E-state index in [2.05, 4.69) is 21.0 Å². The molecule has 0 aliphatic heterocycles. The number of nitrogens with zero attached hydrogens (tertiary/aromatic N) is 2. The summed E-state index contributed by atoms with van der Waals surface area (Å²) in [6.45, 7) is 1.71. The molecule has 1 aromatic heterocycles.